The molecular formula is C20H21N3O2S. The Balaban J connectivity index is 1.69. The van der Waals surface area contributed by atoms with E-state index in [1.54, 1.807) is 6.20 Å². The highest BCUT2D eigenvalue weighted by Gasteiger charge is 2.15. The molecule has 2 aromatic heterocycles. The lowest BCUT2D eigenvalue weighted by molar-refractivity contribution is 0.0992. The Hall–Kier alpha value is -2.34. The van der Waals surface area contributed by atoms with E-state index in [1.165, 1.54) is 24.2 Å². The Morgan fingerprint density at radius 3 is 2.88 bits per heavy atom. The molecule has 0 aliphatic carbocycles. The summed E-state index contributed by atoms with van der Waals surface area (Å²) in [5, 5.41) is 1.17. The molecule has 3 heterocycles. The molecule has 26 heavy (non-hydrogen) atoms. The highest BCUT2D eigenvalue weighted by molar-refractivity contribution is 7.13. The fraction of sp³-hybridized carbons (Fsp3) is 0.400. The minimum absolute atomic E-state index is 0.00502. The molecule has 1 aromatic carbocycles. The van der Waals surface area contributed by atoms with Crippen molar-refractivity contribution < 1.29 is 4.79 Å². The van der Waals surface area contributed by atoms with Gasteiger partial charge < -0.3 is 0 Å². The number of thiazole rings is 1. The third-order valence-electron chi connectivity index (χ3n) is 4.86. The number of Topliss-reactive ketones (excluding diaryl/α,β-unsaturated/α-hetero) is 1. The lowest BCUT2D eigenvalue weighted by Gasteiger charge is -2.16. The molecule has 0 radical (unpaired) electrons. The molecular weight excluding hydrogens is 346 g/mol. The summed E-state index contributed by atoms with van der Waals surface area (Å²) < 4.78 is 1.84. The summed E-state index contributed by atoms with van der Waals surface area (Å²) in [6, 6.07) is 5.56. The SMILES string of the molecule is Cc1cnc(C(=O)Cc2ccc3c(=O)n4c(nc3c2)CCCCCC4)s1. The molecule has 0 saturated carbocycles. The first-order chi connectivity index (χ1) is 12.6. The fourth-order valence-corrected chi connectivity index (χ4v) is 4.20. The largest absolute Gasteiger partial charge is 0.296 e. The number of aromatic nitrogens is 3. The number of carbonyl (C=O) groups excluding carboxylic acids is 1. The standard InChI is InChI=1S/C20H21N3O2S/c1-13-12-21-19(26-13)17(24)11-14-7-8-15-16(10-14)22-18-6-4-2-3-5-9-23(18)20(15)25/h7-8,10,12H,2-6,9,11H2,1H3. The maximum Gasteiger partial charge on any atom is 0.261 e. The quantitative estimate of drug-likeness (QED) is 0.662. The Kier molecular flexibility index (Phi) is 4.68. The highest BCUT2D eigenvalue weighted by atomic mass is 32.1. The van der Waals surface area contributed by atoms with Crippen LogP contribution in [0, 0.1) is 6.92 Å². The number of aryl methyl sites for hydroxylation is 2. The fourth-order valence-electron chi connectivity index (χ4n) is 3.50. The minimum atomic E-state index is 0.00502. The molecule has 0 unspecified atom stereocenters. The lowest BCUT2D eigenvalue weighted by Crippen LogP contribution is -2.26. The molecule has 0 amide bonds. The van der Waals surface area contributed by atoms with E-state index in [2.05, 4.69) is 4.98 Å². The van der Waals surface area contributed by atoms with Gasteiger partial charge in [-0.15, -0.1) is 11.3 Å². The first-order valence-electron chi connectivity index (χ1n) is 9.10. The molecule has 0 fully saturated rings. The van der Waals surface area contributed by atoms with Crippen LogP contribution < -0.4 is 5.56 Å². The van der Waals surface area contributed by atoms with E-state index in [0.717, 1.165) is 42.1 Å². The number of rotatable bonds is 3. The molecule has 1 aliphatic heterocycles. The van der Waals surface area contributed by atoms with E-state index >= 15 is 0 Å². The second kappa shape index (κ2) is 7.11. The van der Waals surface area contributed by atoms with Crippen molar-refractivity contribution in [3.8, 4) is 0 Å². The first-order valence-corrected chi connectivity index (χ1v) is 9.91. The number of benzene rings is 1. The average Bonchev–Trinajstić information content (AvgIpc) is 3.03. The van der Waals surface area contributed by atoms with Gasteiger partial charge >= 0.3 is 0 Å². The van der Waals surface area contributed by atoms with Crippen molar-refractivity contribution in [2.45, 2.75) is 52.0 Å². The number of nitrogens with zero attached hydrogens (tertiary/aromatic N) is 3. The van der Waals surface area contributed by atoms with Crippen LogP contribution in [0.25, 0.3) is 10.9 Å². The van der Waals surface area contributed by atoms with Crippen molar-refractivity contribution in [1.29, 1.82) is 0 Å². The summed E-state index contributed by atoms with van der Waals surface area (Å²) in [6.45, 7) is 2.69. The molecule has 0 bridgehead atoms. The number of hydrogen-bond donors (Lipinski definition) is 0. The predicted octanol–water partition coefficient (Wildman–Crippen LogP) is 3.70. The summed E-state index contributed by atoms with van der Waals surface area (Å²) in [5.74, 6) is 0.881. The zero-order valence-electron chi connectivity index (χ0n) is 14.8. The Morgan fingerprint density at radius 2 is 2.08 bits per heavy atom. The van der Waals surface area contributed by atoms with Gasteiger partial charge in [-0.1, -0.05) is 18.9 Å². The Morgan fingerprint density at radius 1 is 1.23 bits per heavy atom. The smallest absolute Gasteiger partial charge is 0.261 e. The molecule has 6 heteroatoms. The maximum atomic E-state index is 12.8. The van der Waals surface area contributed by atoms with E-state index in [1.807, 2.05) is 29.7 Å². The molecule has 134 valence electrons. The van der Waals surface area contributed by atoms with Gasteiger partial charge in [-0.3, -0.25) is 14.2 Å². The third kappa shape index (κ3) is 3.33. The van der Waals surface area contributed by atoms with Crippen LogP contribution in [0.1, 0.15) is 51.8 Å². The molecule has 5 nitrogen and oxygen atoms in total. The number of hydrogen-bond acceptors (Lipinski definition) is 5. The van der Waals surface area contributed by atoms with E-state index in [0.29, 0.717) is 15.9 Å². The summed E-state index contributed by atoms with van der Waals surface area (Å²) in [7, 11) is 0. The molecule has 0 N–H and O–H groups in total. The monoisotopic (exact) mass is 367 g/mol. The molecule has 0 saturated heterocycles. The Bertz CT molecular complexity index is 1040. The molecule has 4 rings (SSSR count). The van der Waals surface area contributed by atoms with Gasteiger partial charge in [0.15, 0.2) is 10.8 Å². The zero-order valence-corrected chi connectivity index (χ0v) is 15.6. The zero-order chi connectivity index (χ0) is 18.1. The van der Waals surface area contributed by atoms with Gasteiger partial charge in [0.2, 0.25) is 0 Å². The van der Waals surface area contributed by atoms with Crippen LogP contribution in [0.3, 0.4) is 0 Å². The van der Waals surface area contributed by atoms with E-state index in [4.69, 9.17) is 4.98 Å². The van der Waals surface area contributed by atoms with Crippen molar-refractivity contribution in [1.82, 2.24) is 14.5 Å². The summed E-state index contributed by atoms with van der Waals surface area (Å²) >= 11 is 1.41. The normalized spacial score (nSPS) is 14.7. The summed E-state index contributed by atoms with van der Waals surface area (Å²) in [6.07, 6.45) is 7.30. The average molecular weight is 367 g/mol. The van der Waals surface area contributed by atoms with Gasteiger partial charge in [-0.2, -0.15) is 0 Å². The van der Waals surface area contributed by atoms with Gasteiger partial charge in [-0.25, -0.2) is 9.97 Å². The van der Waals surface area contributed by atoms with Gasteiger partial charge in [0, 0.05) is 30.5 Å². The van der Waals surface area contributed by atoms with Crippen molar-refractivity contribution in [2.24, 2.45) is 0 Å². The van der Waals surface area contributed by atoms with Crippen molar-refractivity contribution >= 4 is 28.0 Å². The Labute approximate surface area is 155 Å². The second-order valence-corrected chi connectivity index (χ2v) is 8.11. The third-order valence-corrected chi connectivity index (χ3v) is 5.81. The molecule has 1 aliphatic rings. The van der Waals surface area contributed by atoms with Gasteiger partial charge in [-0.05, 0) is 37.5 Å². The number of fused-ring (bicyclic) bond motifs is 2. The first kappa shape index (κ1) is 17.1. The van der Waals surface area contributed by atoms with Crippen molar-refractivity contribution in [2.75, 3.05) is 0 Å². The van der Waals surface area contributed by atoms with Gasteiger partial charge in [0.05, 0.1) is 10.9 Å². The van der Waals surface area contributed by atoms with Crippen LogP contribution in [-0.4, -0.2) is 20.3 Å². The van der Waals surface area contributed by atoms with Crippen LogP contribution in [0.5, 0.6) is 0 Å². The van der Waals surface area contributed by atoms with Crippen LogP contribution in [0.15, 0.2) is 29.2 Å². The van der Waals surface area contributed by atoms with Crippen LogP contribution in [0.2, 0.25) is 0 Å². The van der Waals surface area contributed by atoms with E-state index in [9.17, 15) is 9.59 Å². The van der Waals surface area contributed by atoms with E-state index < -0.39 is 0 Å². The molecule has 0 spiro atoms. The van der Waals surface area contributed by atoms with Crippen molar-refractivity contribution in [3.63, 3.8) is 0 Å². The van der Waals surface area contributed by atoms with Crippen LogP contribution in [-0.2, 0) is 19.4 Å². The molecule has 0 atom stereocenters. The maximum absolute atomic E-state index is 12.8. The number of ketones is 1. The molecule has 3 aromatic rings. The topological polar surface area (TPSA) is 64.8 Å². The lowest BCUT2D eigenvalue weighted by atomic mass is 10.1. The van der Waals surface area contributed by atoms with Gasteiger partial charge in [0.1, 0.15) is 5.82 Å². The van der Waals surface area contributed by atoms with Crippen LogP contribution in [0.4, 0.5) is 0 Å². The second-order valence-electron chi connectivity index (χ2n) is 6.88. The van der Waals surface area contributed by atoms with Crippen molar-refractivity contribution in [3.05, 3.63) is 56.0 Å². The minimum Gasteiger partial charge on any atom is -0.296 e. The van der Waals surface area contributed by atoms with E-state index in [-0.39, 0.29) is 17.8 Å². The summed E-state index contributed by atoms with van der Waals surface area (Å²) in [5.41, 5.74) is 1.61. The van der Waals surface area contributed by atoms with Gasteiger partial charge in [0.25, 0.3) is 5.56 Å². The highest BCUT2D eigenvalue weighted by Crippen LogP contribution is 2.18. The van der Waals surface area contributed by atoms with Crippen LogP contribution >= 0.6 is 11.3 Å². The predicted molar refractivity (Wildman–Crippen MR) is 103 cm³/mol. The number of carbonyl (C=O) groups is 1. The summed E-state index contributed by atoms with van der Waals surface area (Å²) in [4.78, 5) is 35.2.